The molecule has 3 nitrogen and oxygen atoms in total. The van der Waals surface area contributed by atoms with Crippen LogP contribution in [0.4, 0.5) is 4.39 Å². The molecule has 1 aliphatic rings. The molecule has 0 atom stereocenters. The molecule has 96 valence electrons. The predicted octanol–water partition coefficient (Wildman–Crippen LogP) is 2.96. The number of furan rings is 1. The summed E-state index contributed by atoms with van der Waals surface area (Å²) in [6.07, 6.45) is 1.07. The maximum absolute atomic E-state index is 13.5. The normalized spacial score (nSPS) is 27.4. The number of benzene rings is 1. The summed E-state index contributed by atoms with van der Waals surface area (Å²) in [4.78, 5) is 0. The maximum Gasteiger partial charge on any atom is 0.170 e. The number of hydrogen-bond acceptors (Lipinski definition) is 3. The first-order valence-corrected chi connectivity index (χ1v) is 6.15. The Hall–Kier alpha value is -1.39. The molecule has 0 bridgehead atoms. The average Bonchev–Trinajstić information content (AvgIpc) is 2.73. The fourth-order valence-corrected chi connectivity index (χ4v) is 2.51. The van der Waals surface area contributed by atoms with E-state index >= 15 is 0 Å². The van der Waals surface area contributed by atoms with Gasteiger partial charge in [0, 0.05) is 24.8 Å². The van der Waals surface area contributed by atoms with Crippen LogP contribution in [0, 0.1) is 5.82 Å². The minimum Gasteiger partial charge on any atom is -0.455 e. The van der Waals surface area contributed by atoms with E-state index in [1.165, 1.54) is 6.07 Å². The molecular weight excluding hydrogens is 235 g/mol. The predicted molar refractivity (Wildman–Crippen MR) is 64.7 cm³/mol. The smallest absolute Gasteiger partial charge is 0.170 e. The minimum atomic E-state index is -1.01. The first-order chi connectivity index (χ1) is 8.62. The Balaban J connectivity index is 1.89. The molecule has 0 unspecified atom stereocenters. The third kappa shape index (κ3) is 1.72. The van der Waals surface area contributed by atoms with E-state index in [1.807, 2.05) is 6.92 Å². The number of para-hydroxylation sites is 1. The Kier molecular flexibility index (Phi) is 2.64. The third-order valence-corrected chi connectivity index (χ3v) is 3.49. The molecule has 1 aliphatic carbocycles. The lowest BCUT2D eigenvalue weighted by Crippen LogP contribution is -2.45. The zero-order valence-corrected chi connectivity index (χ0v) is 10.1. The molecule has 2 aromatic rings. The summed E-state index contributed by atoms with van der Waals surface area (Å²) < 4.78 is 24.4. The second-order valence-electron chi connectivity index (χ2n) is 4.79. The van der Waals surface area contributed by atoms with Crippen LogP contribution in [0.15, 0.2) is 28.7 Å². The van der Waals surface area contributed by atoms with Gasteiger partial charge in [-0.15, -0.1) is 0 Å². The Bertz CT molecular complexity index is 569. The monoisotopic (exact) mass is 250 g/mol. The van der Waals surface area contributed by atoms with Crippen LogP contribution in [-0.2, 0) is 10.3 Å². The molecule has 1 heterocycles. The van der Waals surface area contributed by atoms with Gasteiger partial charge in [-0.25, -0.2) is 4.39 Å². The van der Waals surface area contributed by atoms with E-state index in [1.54, 1.807) is 18.2 Å². The Labute approximate surface area is 104 Å². The number of rotatable bonds is 3. The van der Waals surface area contributed by atoms with Gasteiger partial charge in [0.25, 0.3) is 0 Å². The number of aliphatic hydroxyl groups is 1. The number of ether oxygens (including phenoxy) is 1. The van der Waals surface area contributed by atoms with Crippen molar-refractivity contribution < 1.29 is 18.7 Å². The summed E-state index contributed by atoms with van der Waals surface area (Å²) in [7, 11) is 0. The van der Waals surface area contributed by atoms with E-state index in [4.69, 9.17) is 9.15 Å². The SMILES string of the molecule is CCOC1CC(O)(c2cc3cccc(F)c3o2)C1. The van der Waals surface area contributed by atoms with Crippen molar-refractivity contribution >= 4 is 11.0 Å². The molecule has 4 heteroatoms. The summed E-state index contributed by atoms with van der Waals surface area (Å²) >= 11 is 0. The van der Waals surface area contributed by atoms with Crippen LogP contribution in [0.1, 0.15) is 25.5 Å². The number of hydrogen-bond donors (Lipinski definition) is 1. The lowest BCUT2D eigenvalue weighted by molar-refractivity contribution is -0.151. The summed E-state index contributed by atoms with van der Waals surface area (Å²) in [5.74, 6) is 0.0292. The van der Waals surface area contributed by atoms with Crippen molar-refractivity contribution in [3.63, 3.8) is 0 Å². The molecule has 1 aromatic carbocycles. The molecule has 0 aliphatic heterocycles. The molecule has 1 fully saturated rings. The van der Waals surface area contributed by atoms with Crippen molar-refractivity contribution in [1.82, 2.24) is 0 Å². The van der Waals surface area contributed by atoms with Crippen molar-refractivity contribution in [2.45, 2.75) is 31.5 Å². The molecule has 0 radical (unpaired) electrons. The molecule has 0 amide bonds. The van der Waals surface area contributed by atoms with Crippen molar-refractivity contribution in [3.8, 4) is 0 Å². The summed E-state index contributed by atoms with van der Waals surface area (Å²) in [6, 6.07) is 6.46. The third-order valence-electron chi connectivity index (χ3n) is 3.49. The standard InChI is InChI=1S/C14H15FO3/c1-2-17-10-7-14(16,8-10)12-6-9-4-3-5-11(15)13(9)18-12/h3-6,10,16H,2,7-8H2,1H3. The highest BCUT2D eigenvalue weighted by Gasteiger charge is 2.47. The largest absolute Gasteiger partial charge is 0.455 e. The van der Waals surface area contributed by atoms with Gasteiger partial charge < -0.3 is 14.3 Å². The van der Waals surface area contributed by atoms with Crippen molar-refractivity contribution in [2.24, 2.45) is 0 Å². The second kappa shape index (κ2) is 4.07. The van der Waals surface area contributed by atoms with E-state index in [0.29, 0.717) is 30.6 Å². The molecule has 0 saturated heterocycles. The molecular formula is C14H15FO3. The molecule has 1 N–H and O–H groups in total. The van der Waals surface area contributed by atoms with Gasteiger partial charge in [0.2, 0.25) is 0 Å². The van der Waals surface area contributed by atoms with Crippen LogP contribution < -0.4 is 0 Å². The molecule has 0 spiro atoms. The van der Waals surface area contributed by atoms with Crippen molar-refractivity contribution in [2.75, 3.05) is 6.61 Å². The van der Waals surface area contributed by atoms with Gasteiger partial charge in [-0.1, -0.05) is 12.1 Å². The second-order valence-corrected chi connectivity index (χ2v) is 4.79. The van der Waals surface area contributed by atoms with Crippen LogP contribution in [0.2, 0.25) is 0 Å². The van der Waals surface area contributed by atoms with E-state index in [2.05, 4.69) is 0 Å². The van der Waals surface area contributed by atoms with Gasteiger partial charge in [0.1, 0.15) is 11.4 Å². The highest BCUT2D eigenvalue weighted by molar-refractivity contribution is 5.78. The summed E-state index contributed by atoms with van der Waals surface area (Å²) in [5, 5.41) is 11.1. The van der Waals surface area contributed by atoms with Gasteiger partial charge in [0.05, 0.1) is 6.10 Å². The lowest BCUT2D eigenvalue weighted by atomic mass is 9.75. The van der Waals surface area contributed by atoms with Gasteiger partial charge >= 0.3 is 0 Å². The fraction of sp³-hybridized carbons (Fsp3) is 0.429. The van der Waals surface area contributed by atoms with Crippen LogP contribution in [-0.4, -0.2) is 17.8 Å². The van der Waals surface area contributed by atoms with Crippen molar-refractivity contribution in [3.05, 3.63) is 35.8 Å². The highest BCUT2D eigenvalue weighted by Crippen LogP contribution is 2.44. The number of halogens is 1. The minimum absolute atomic E-state index is 0.0676. The lowest BCUT2D eigenvalue weighted by Gasteiger charge is -2.41. The van der Waals surface area contributed by atoms with Crippen LogP contribution in [0.25, 0.3) is 11.0 Å². The molecule has 1 aromatic heterocycles. The highest BCUT2D eigenvalue weighted by atomic mass is 19.1. The zero-order chi connectivity index (χ0) is 12.8. The van der Waals surface area contributed by atoms with Gasteiger partial charge in [0.15, 0.2) is 11.4 Å². The van der Waals surface area contributed by atoms with Crippen LogP contribution in [0.3, 0.4) is 0 Å². The summed E-state index contributed by atoms with van der Waals surface area (Å²) in [5.41, 5.74) is -0.800. The average molecular weight is 250 g/mol. The van der Waals surface area contributed by atoms with Gasteiger partial charge in [-0.3, -0.25) is 0 Å². The quantitative estimate of drug-likeness (QED) is 0.910. The number of fused-ring (bicyclic) bond motifs is 1. The van der Waals surface area contributed by atoms with Crippen LogP contribution in [0.5, 0.6) is 0 Å². The Morgan fingerprint density at radius 1 is 1.50 bits per heavy atom. The first kappa shape index (κ1) is 11.7. The fourth-order valence-electron chi connectivity index (χ4n) is 2.51. The maximum atomic E-state index is 13.5. The van der Waals surface area contributed by atoms with Gasteiger partial charge in [-0.2, -0.15) is 0 Å². The van der Waals surface area contributed by atoms with Gasteiger partial charge in [-0.05, 0) is 19.1 Å². The van der Waals surface area contributed by atoms with E-state index in [9.17, 15) is 9.50 Å². The Morgan fingerprint density at radius 2 is 2.28 bits per heavy atom. The summed E-state index contributed by atoms with van der Waals surface area (Å²) in [6.45, 7) is 2.56. The topological polar surface area (TPSA) is 42.6 Å². The van der Waals surface area contributed by atoms with E-state index in [-0.39, 0.29) is 11.7 Å². The Morgan fingerprint density at radius 3 is 2.94 bits per heavy atom. The van der Waals surface area contributed by atoms with E-state index in [0.717, 1.165) is 0 Å². The van der Waals surface area contributed by atoms with E-state index < -0.39 is 11.4 Å². The zero-order valence-electron chi connectivity index (χ0n) is 10.1. The molecule has 3 rings (SSSR count). The van der Waals surface area contributed by atoms with Crippen molar-refractivity contribution in [1.29, 1.82) is 0 Å². The molecule has 1 saturated carbocycles. The van der Waals surface area contributed by atoms with Crippen LogP contribution >= 0.6 is 0 Å². The first-order valence-electron chi connectivity index (χ1n) is 6.15. The molecule has 18 heavy (non-hydrogen) atoms.